The summed E-state index contributed by atoms with van der Waals surface area (Å²) in [4.78, 5) is 23.7. The minimum Gasteiger partial charge on any atom is -0.444 e. The van der Waals surface area contributed by atoms with Crippen molar-refractivity contribution in [2.75, 3.05) is 0 Å². The number of nitrogens with zero attached hydrogens (tertiary/aromatic N) is 1. The number of hydrogen-bond acceptors (Lipinski definition) is 5. The first kappa shape index (κ1) is 22.5. The fourth-order valence-electron chi connectivity index (χ4n) is 3.18. The highest BCUT2D eigenvalue weighted by Gasteiger charge is 2.26. The molecule has 0 radical (unpaired) electrons. The van der Waals surface area contributed by atoms with Crippen molar-refractivity contribution < 1.29 is 27.1 Å². The van der Waals surface area contributed by atoms with Crippen LogP contribution in [0.3, 0.4) is 0 Å². The van der Waals surface area contributed by atoms with Gasteiger partial charge in [-0.25, -0.2) is 21.6 Å². The zero-order valence-electron chi connectivity index (χ0n) is 17.5. The van der Waals surface area contributed by atoms with Crippen LogP contribution < -0.4 is 5.32 Å². The van der Waals surface area contributed by atoms with Crippen molar-refractivity contribution in [2.45, 2.75) is 44.2 Å². The molecule has 1 N–H and O–H groups in total. The Kier molecular flexibility index (Phi) is 5.91. The van der Waals surface area contributed by atoms with Crippen molar-refractivity contribution in [2.24, 2.45) is 0 Å². The average molecular weight is 447 g/mol. The molecule has 9 heteroatoms. The van der Waals surface area contributed by atoms with Crippen LogP contribution in [0.2, 0.25) is 0 Å². The number of amides is 1. The molecule has 1 aromatic heterocycles. The largest absolute Gasteiger partial charge is 0.444 e. The Balaban J connectivity index is 2.11. The summed E-state index contributed by atoms with van der Waals surface area (Å²) in [7, 11) is -4.12. The lowest BCUT2D eigenvalue weighted by molar-refractivity contribution is 0.0507. The Morgan fingerprint density at radius 3 is 2.39 bits per heavy atom. The van der Waals surface area contributed by atoms with Crippen molar-refractivity contribution >= 4 is 33.3 Å². The highest BCUT2D eigenvalue weighted by atomic mass is 32.2. The summed E-state index contributed by atoms with van der Waals surface area (Å²) in [5.74, 6) is -0.650. The van der Waals surface area contributed by atoms with Gasteiger partial charge in [-0.1, -0.05) is 18.2 Å². The van der Waals surface area contributed by atoms with E-state index in [1.165, 1.54) is 24.3 Å². The molecule has 1 amide bonds. The number of nitrogens with one attached hydrogen (secondary N) is 1. The number of aromatic nitrogens is 1. The molecule has 0 aliphatic rings. The standard InChI is InChI=1S/C22H23FN2O5S/c1-14(24-21(27)30-22(2,3)4)18-12-20-15(11-19(18)23)10-16(13-26)25(20)31(28,29)17-8-6-5-7-9-17/h5-14H,1-4H3,(H,24,27). The lowest BCUT2D eigenvalue weighted by Crippen LogP contribution is -2.34. The fraction of sp³-hybridized carbons (Fsp3) is 0.273. The van der Waals surface area contributed by atoms with Crippen LogP contribution in [0.25, 0.3) is 10.9 Å². The van der Waals surface area contributed by atoms with E-state index in [-0.39, 0.29) is 27.1 Å². The minimum absolute atomic E-state index is 0.0126. The SMILES string of the molecule is CC(NC(=O)OC(C)(C)C)c1cc2c(cc1F)cc(C=O)n2S(=O)(=O)c1ccccc1. The van der Waals surface area contributed by atoms with E-state index in [0.29, 0.717) is 6.29 Å². The van der Waals surface area contributed by atoms with E-state index in [1.54, 1.807) is 45.9 Å². The first-order valence-corrected chi connectivity index (χ1v) is 11.0. The van der Waals surface area contributed by atoms with Gasteiger partial charge in [-0.05, 0) is 58.0 Å². The van der Waals surface area contributed by atoms with Crippen molar-refractivity contribution in [1.82, 2.24) is 9.29 Å². The van der Waals surface area contributed by atoms with Crippen LogP contribution >= 0.6 is 0 Å². The third-order valence-electron chi connectivity index (χ3n) is 4.50. The molecule has 3 rings (SSSR count). The normalized spacial score (nSPS) is 13.1. The van der Waals surface area contributed by atoms with Gasteiger partial charge in [0.1, 0.15) is 11.4 Å². The zero-order chi connectivity index (χ0) is 23.0. The maximum atomic E-state index is 14.8. The second-order valence-electron chi connectivity index (χ2n) is 8.07. The quantitative estimate of drug-likeness (QED) is 0.586. The number of ether oxygens (including phenoxy) is 1. The van der Waals surface area contributed by atoms with Gasteiger partial charge in [0, 0.05) is 10.9 Å². The molecule has 1 atom stereocenters. The number of carbonyl (C=O) groups excluding carboxylic acids is 2. The van der Waals surface area contributed by atoms with Gasteiger partial charge in [0.25, 0.3) is 10.0 Å². The van der Waals surface area contributed by atoms with Gasteiger partial charge in [0.15, 0.2) is 6.29 Å². The number of halogens is 1. The summed E-state index contributed by atoms with van der Waals surface area (Å²) in [6.45, 7) is 6.65. The van der Waals surface area contributed by atoms with Crippen molar-refractivity contribution in [3.63, 3.8) is 0 Å². The molecule has 0 spiro atoms. The molecule has 0 fully saturated rings. The van der Waals surface area contributed by atoms with Crippen LogP contribution in [0.4, 0.5) is 9.18 Å². The Labute approximate surface area is 179 Å². The van der Waals surface area contributed by atoms with Gasteiger partial charge in [0.2, 0.25) is 0 Å². The van der Waals surface area contributed by atoms with E-state index in [9.17, 15) is 22.4 Å². The van der Waals surface area contributed by atoms with Gasteiger partial charge in [0.05, 0.1) is 22.1 Å². The summed E-state index contributed by atoms with van der Waals surface area (Å²) in [5, 5.41) is 2.78. The van der Waals surface area contributed by atoms with Crippen molar-refractivity contribution in [3.8, 4) is 0 Å². The molecule has 0 aliphatic carbocycles. The van der Waals surface area contributed by atoms with Crippen LogP contribution in [-0.4, -0.2) is 30.4 Å². The summed E-state index contributed by atoms with van der Waals surface area (Å²) in [6.07, 6.45) is -0.333. The highest BCUT2D eigenvalue weighted by molar-refractivity contribution is 7.90. The predicted octanol–water partition coefficient (Wildman–Crippen LogP) is 4.42. The van der Waals surface area contributed by atoms with E-state index >= 15 is 0 Å². The summed E-state index contributed by atoms with van der Waals surface area (Å²) in [6, 6.07) is 10.6. The topological polar surface area (TPSA) is 94.5 Å². The van der Waals surface area contributed by atoms with E-state index in [2.05, 4.69) is 5.32 Å². The number of benzene rings is 2. The summed E-state index contributed by atoms with van der Waals surface area (Å²) < 4.78 is 47.3. The second kappa shape index (κ2) is 8.14. The van der Waals surface area contributed by atoms with Gasteiger partial charge in [-0.2, -0.15) is 0 Å². The molecule has 0 aliphatic heterocycles. The number of rotatable bonds is 5. The molecule has 0 saturated heterocycles. The molecule has 7 nitrogen and oxygen atoms in total. The van der Waals surface area contributed by atoms with Gasteiger partial charge in [-0.15, -0.1) is 0 Å². The molecule has 0 saturated carbocycles. The molecule has 31 heavy (non-hydrogen) atoms. The van der Waals surface area contributed by atoms with Crippen LogP contribution in [-0.2, 0) is 14.8 Å². The first-order valence-electron chi connectivity index (χ1n) is 9.54. The molecule has 1 unspecified atom stereocenters. The van der Waals surface area contributed by atoms with Crippen molar-refractivity contribution in [3.05, 3.63) is 65.6 Å². The number of aldehydes is 1. The summed E-state index contributed by atoms with van der Waals surface area (Å²) in [5.41, 5.74) is -0.689. The van der Waals surface area contributed by atoms with E-state index < -0.39 is 33.6 Å². The Bertz CT molecular complexity index is 1240. The number of fused-ring (bicyclic) bond motifs is 1. The van der Waals surface area contributed by atoms with E-state index in [0.717, 1.165) is 10.0 Å². The molecule has 3 aromatic rings. The van der Waals surface area contributed by atoms with Crippen LogP contribution in [0, 0.1) is 5.82 Å². The minimum atomic E-state index is -4.12. The fourth-order valence-corrected chi connectivity index (χ4v) is 4.69. The molecular weight excluding hydrogens is 423 g/mol. The van der Waals surface area contributed by atoms with E-state index in [1.807, 2.05) is 0 Å². The van der Waals surface area contributed by atoms with Gasteiger partial charge in [-0.3, -0.25) is 4.79 Å². The molecular formula is C22H23FN2O5S. The Hall–Kier alpha value is -3.20. The first-order chi connectivity index (χ1) is 14.4. The average Bonchev–Trinajstić information content (AvgIpc) is 3.04. The zero-order valence-corrected chi connectivity index (χ0v) is 18.4. The van der Waals surface area contributed by atoms with E-state index in [4.69, 9.17) is 4.74 Å². The maximum Gasteiger partial charge on any atom is 0.408 e. The summed E-state index contributed by atoms with van der Waals surface area (Å²) >= 11 is 0. The van der Waals surface area contributed by atoms with Crippen molar-refractivity contribution in [1.29, 1.82) is 0 Å². The predicted molar refractivity (Wildman–Crippen MR) is 114 cm³/mol. The lowest BCUT2D eigenvalue weighted by atomic mass is 10.1. The number of hydrogen-bond donors (Lipinski definition) is 1. The monoisotopic (exact) mass is 446 g/mol. The van der Waals surface area contributed by atoms with Gasteiger partial charge < -0.3 is 10.1 Å². The van der Waals surface area contributed by atoms with Crippen LogP contribution in [0.5, 0.6) is 0 Å². The third kappa shape index (κ3) is 4.61. The second-order valence-corrected chi connectivity index (χ2v) is 9.86. The number of alkyl carbamates (subject to hydrolysis) is 1. The van der Waals surface area contributed by atoms with Gasteiger partial charge >= 0.3 is 6.09 Å². The van der Waals surface area contributed by atoms with Crippen LogP contribution in [0.15, 0.2) is 53.4 Å². The maximum absolute atomic E-state index is 14.8. The van der Waals surface area contributed by atoms with Crippen LogP contribution in [0.1, 0.15) is 49.8 Å². The molecule has 2 aromatic carbocycles. The Morgan fingerprint density at radius 2 is 1.81 bits per heavy atom. The number of carbonyl (C=O) groups is 2. The molecule has 0 bridgehead atoms. The lowest BCUT2D eigenvalue weighted by Gasteiger charge is -2.22. The smallest absolute Gasteiger partial charge is 0.408 e. The third-order valence-corrected chi connectivity index (χ3v) is 6.26. The molecule has 1 heterocycles. The Morgan fingerprint density at radius 1 is 1.16 bits per heavy atom. The highest BCUT2D eigenvalue weighted by Crippen LogP contribution is 2.29. The molecule has 164 valence electrons.